The van der Waals surface area contributed by atoms with E-state index in [0.717, 1.165) is 11.1 Å². The summed E-state index contributed by atoms with van der Waals surface area (Å²) in [4.78, 5) is 25.0. The van der Waals surface area contributed by atoms with Crippen molar-refractivity contribution in [3.8, 4) is 6.07 Å². The zero-order valence-electron chi connectivity index (χ0n) is 16.3. The lowest BCUT2D eigenvalue weighted by molar-refractivity contribution is -0.384. The number of carbonyl (C=O) groups excluding carboxylic acids is 1. The highest BCUT2D eigenvalue weighted by atomic mass is 16.6. The highest BCUT2D eigenvalue weighted by Crippen LogP contribution is 2.22. The van der Waals surface area contributed by atoms with Crippen LogP contribution in [0.25, 0.3) is 0 Å². The molecule has 0 heterocycles. The van der Waals surface area contributed by atoms with E-state index in [-0.39, 0.29) is 24.1 Å². The molecule has 2 rings (SSSR count). The molecule has 0 unspecified atom stereocenters. The molecule has 0 aliphatic heterocycles. The topological polar surface area (TPSA) is 99.3 Å². The number of rotatable bonds is 8. The van der Waals surface area contributed by atoms with Crippen molar-refractivity contribution in [2.75, 3.05) is 11.9 Å². The maximum Gasteiger partial charge on any atom is 0.271 e. The lowest BCUT2D eigenvalue weighted by Gasteiger charge is -2.26. The molecule has 0 saturated carbocycles. The average Bonchev–Trinajstić information content (AvgIpc) is 2.66. The first kappa shape index (κ1) is 21.1. The third-order valence-electron chi connectivity index (χ3n) is 4.53. The Hall–Kier alpha value is -3.24. The van der Waals surface area contributed by atoms with Crippen LogP contribution in [0.15, 0.2) is 42.5 Å². The van der Waals surface area contributed by atoms with E-state index in [9.17, 15) is 14.9 Å². The maximum absolute atomic E-state index is 12.4. The molecule has 0 fully saturated rings. The van der Waals surface area contributed by atoms with Crippen LogP contribution in [0.4, 0.5) is 11.4 Å². The molecule has 1 N–H and O–H groups in total. The molecule has 1 amide bonds. The first-order chi connectivity index (χ1) is 13.3. The first-order valence-corrected chi connectivity index (χ1v) is 9.08. The van der Waals surface area contributed by atoms with Crippen molar-refractivity contribution in [3.63, 3.8) is 0 Å². The second-order valence-electron chi connectivity index (χ2n) is 6.93. The molecule has 0 aromatic heterocycles. The van der Waals surface area contributed by atoms with Crippen LogP contribution in [0.3, 0.4) is 0 Å². The Morgan fingerprint density at radius 2 is 1.93 bits per heavy atom. The molecule has 0 aliphatic carbocycles. The molecular formula is C21H24N4O3. The molecule has 0 saturated heterocycles. The third kappa shape index (κ3) is 5.89. The standard InChI is InChI=1S/C21H24N4O3/c1-15(2)24(14-18-7-5-17(13-22)6-8-18)11-10-21(26)23-20-12-19(25(27)28)9-4-16(20)3/h4-9,12,15H,10-11,14H2,1-3H3,(H,23,26). The number of carbonyl (C=O) groups is 1. The van der Waals surface area contributed by atoms with Crippen LogP contribution in [-0.2, 0) is 11.3 Å². The molecule has 28 heavy (non-hydrogen) atoms. The predicted molar refractivity (Wildman–Crippen MR) is 108 cm³/mol. The third-order valence-corrected chi connectivity index (χ3v) is 4.53. The van der Waals surface area contributed by atoms with Gasteiger partial charge in [0, 0.05) is 37.7 Å². The normalized spacial score (nSPS) is 10.7. The number of aryl methyl sites for hydroxylation is 1. The van der Waals surface area contributed by atoms with Crippen LogP contribution in [0, 0.1) is 28.4 Å². The average molecular weight is 380 g/mol. The summed E-state index contributed by atoms with van der Waals surface area (Å²) in [5, 5.41) is 22.6. The quantitative estimate of drug-likeness (QED) is 0.551. The van der Waals surface area contributed by atoms with E-state index in [0.29, 0.717) is 24.3 Å². The Bertz CT molecular complexity index is 886. The van der Waals surface area contributed by atoms with Crippen LogP contribution in [-0.4, -0.2) is 28.3 Å². The number of hydrogen-bond donors (Lipinski definition) is 1. The van der Waals surface area contributed by atoms with Gasteiger partial charge in [-0.05, 0) is 44.0 Å². The molecule has 0 radical (unpaired) electrons. The van der Waals surface area contributed by atoms with Crippen molar-refractivity contribution in [1.29, 1.82) is 5.26 Å². The predicted octanol–water partition coefficient (Wildman–Crippen LogP) is 4.01. The summed E-state index contributed by atoms with van der Waals surface area (Å²) in [5.41, 5.74) is 2.87. The minimum Gasteiger partial charge on any atom is -0.326 e. The number of hydrogen-bond acceptors (Lipinski definition) is 5. The number of nitro groups is 1. The fourth-order valence-corrected chi connectivity index (χ4v) is 2.76. The monoisotopic (exact) mass is 380 g/mol. The SMILES string of the molecule is Cc1ccc([N+](=O)[O-])cc1NC(=O)CCN(Cc1ccc(C#N)cc1)C(C)C. The maximum atomic E-state index is 12.4. The van der Waals surface area contributed by atoms with Crippen molar-refractivity contribution < 1.29 is 9.72 Å². The van der Waals surface area contributed by atoms with Crippen LogP contribution in [0.2, 0.25) is 0 Å². The first-order valence-electron chi connectivity index (χ1n) is 9.08. The molecule has 0 bridgehead atoms. The molecular weight excluding hydrogens is 356 g/mol. The van der Waals surface area contributed by atoms with Crippen molar-refractivity contribution >= 4 is 17.3 Å². The smallest absolute Gasteiger partial charge is 0.271 e. The van der Waals surface area contributed by atoms with Crippen molar-refractivity contribution in [1.82, 2.24) is 4.90 Å². The van der Waals surface area contributed by atoms with Crippen LogP contribution in [0.1, 0.15) is 37.0 Å². The van der Waals surface area contributed by atoms with Gasteiger partial charge in [-0.25, -0.2) is 0 Å². The second kappa shape index (κ2) is 9.62. The van der Waals surface area contributed by atoms with E-state index < -0.39 is 4.92 Å². The highest BCUT2D eigenvalue weighted by molar-refractivity contribution is 5.92. The van der Waals surface area contributed by atoms with Crippen LogP contribution < -0.4 is 5.32 Å². The Morgan fingerprint density at radius 3 is 2.50 bits per heavy atom. The van der Waals surface area contributed by atoms with Gasteiger partial charge < -0.3 is 5.32 Å². The number of benzene rings is 2. The lowest BCUT2D eigenvalue weighted by atomic mass is 10.1. The molecule has 7 nitrogen and oxygen atoms in total. The Morgan fingerprint density at radius 1 is 1.25 bits per heavy atom. The van der Waals surface area contributed by atoms with Crippen molar-refractivity contribution in [2.24, 2.45) is 0 Å². The Balaban J connectivity index is 1.97. The second-order valence-corrected chi connectivity index (χ2v) is 6.93. The lowest BCUT2D eigenvalue weighted by Crippen LogP contribution is -2.33. The van der Waals surface area contributed by atoms with Gasteiger partial charge in [-0.3, -0.25) is 19.8 Å². The van der Waals surface area contributed by atoms with Gasteiger partial charge in [0.25, 0.3) is 5.69 Å². The number of anilines is 1. The highest BCUT2D eigenvalue weighted by Gasteiger charge is 2.15. The van der Waals surface area contributed by atoms with Crippen molar-refractivity contribution in [3.05, 3.63) is 69.3 Å². The number of nitro benzene ring substituents is 1. The molecule has 2 aromatic carbocycles. The number of amides is 1. The number of nitrogens with zero attached hydrogens (tertiary/aromatic N) is 3. The summed E-state index contributed by atoms with van der Waals surface area (Å²) in [6.45, 7) is 7.15. The van der Waals surface area contributed by atoms with Gasteiger partial charge in [0.05, 0.1) is 22.2 Å². The zero-order valence-corrected chi connectivity index (χ0v) is 16.3. The van der Waals surface area contributed by atoms with E-state index in [1.165, 1.54) is 12.1 Å². The van der Waals surface area contributed by atoms with Crippen LogP contribution in [0.5, 0.6) is 0 Å². The van der Waals surface area contributed by atoms with Gasteiger partial charge in [-0.1, -0.05) is 18.2 Å². The van der Waals surface area contributed by atoms with Gasteiger partial charge in [-0.15, -0.1) is 0 Å². The summed E-state index contributed by atoms with van der Waals surface area (Å²) < 4.78 is 0. The van der Waals surface area contributed by atoms with E-state index in [1.54, 1.807) is 25.1 Å². The van der Waals surface area contributed by atoms with E-state index in [2.05, 4.69) is 30.1 Å². The number of nitrogens with one attached hydrogen (secondary N) is 1. The summed E-state index contributed by atoms with van der Waals surface area (Å²) in [5.74, 6) is -0.186. The largest absolute Gasteiger partial charge is 0.326 e. The summed E-state index contributed by atoms with van der Waals surface area (Å²) in [6.07, 6.45) is 0.274. The van der Waals surface area contributed by atoms with Gasteiger partial charge in [0.2, 0.25) is 5.91 Å². The molecule has 2 aromatic rings. The fourth-order valence-electron chi connectivity index (χ4n) is 2.76. The van der Waals surface area contributed by atoms with Gasteiger partial charge in [-0.2, -0.15) is 5.26 Å². The van der Waals surface area contributed by atoms with Gasteiger partial charge >= 0.3 is 0 Å². The molecule has 0 atom stereocenters. The summed E-state index contributed by atoms with van der Waals surface area (Å²) in [6, 6.07) is 14.2. The van der Waals surface area contributed by atoms with Gasteiger partial charge in [0.15, 0.2) is 0 Å². The van der Waals surface area contributed by atoms with E-state index >= 15 is 0 Å². The number of non-ortho nitro benzene ring substituents is 1. The Labute approximate surface area is 164 Å². The fraction of sp³-hybridized carbons (Fsp3) is 0.333. The number of nitriles is 1. The van der Waals surface area contributed by atoms with Crippen LogP contribution >= 0.6 is 0 Å². The summed E-state index contributed by atoms with van der Waals surface area (Å²) >= 11 is 0. The Kier molecular flexibility index (Phi) is 7.24. The molecule has 7 heteroatoms. The molecule has 0 spiro atoms. The van der Waals surface area contributed by atoms with E-state index in [4.69, 9.17) is 5.26 Å². The molecule has 146 valence electrons. The summed E-state index contributed by atoms with van der Waals surface area (Å²) in [7, 11) is 0. The van der Waals surface area contributed by atoms with Crippen molar-refractivity contribution in [2.45, 2.75) is 39.8 Å². The minimum absolute atomic E-state index is 0.0504. The van der Waals surface area contributed by atoms with Gasteiger partial charge in [0.1, 0.15) is 0 Å². The van der Waals surface area contributed by atoms with E-state index in [1.807, 2.05) is 12.1 Å². The zero-order chi connectivity index (χ0) is 20.7. The minimum atomic E-state index is -0.479. The molecule has 0 aliphatic rings.